The van der Waals surface area contributed by atoms with Gasteiger partial charge in [0.25, 0.3) is 5.78 Å². The second-order valence-corrected chi connectivity index (χ2v) is 4.80. The first-order chi connectivity index (χ1) is 10.5. The molecule has 1 heterocycles. The number of Topliss-reactive ketones (excluding diaryl/α,β-unsaturated/α-hetero) is 1. The Morgan fingerprint density at radius 1 is 1.36 bits per heavy atom. The van der Waals surface area contributed by atoms with Gasteiger partial charge in [-0.05, 0) is 36.6 Å². The molecule has 0 aliphatic carbocycles. The molecule has 22 heavy (non-hydrogen) atoms. The van der Waals surface area contributed by atoms with E-state index in [0.717, 1.165) is 0 Å². The van der Waals surface area contributed by atoms with Gasteiger partial charge >= 0.3 is 11.9 Å². The molecule has 118 valence electrons. The Bertz CT molecular complexity index is 626. The largest absolute Gasteiger partial charge is 0.497 e. The van der Waals surface area contributed by atoms with Gasteiger partial charge in [-0.2, -0.15) is 0 Å². The smallest absolute Gasteiger partial charge is 0.377 e. The Kier molecular flexibility index (Phi) is 4.46. The van der Waals surface area contributed by atoms with Gasteiger partial charge in [-0.3, -0.25) is 10.1 Å². The molecular formula is C15H17NO6. The number of carbonyl (C=O) groups excluding carboxylic acids is 2. The van der Waals surface area contributed by atoms with Crippen LogP contribution in [0, 0.1) is 0 Å². The van der Waals surface area contributed by atoms with Crippen molar-refractivity contribution >= 4 is 17.7 Å². The van der Waals surface area contributed by atoms with Crippen LogP contribution in [-0.2, 0) is 31.1 Å². The molecule has 0 aromatic heterocycles. The summed E-state index contributed by atoms with van der Waals surface area (Å²) in [5.41, 5.74) is -1.23. The van der Waals surface area contributed by atoms with E-state index in [4.69, 9.17) is 4.74 Å². The molecule has 0 amide bonds. The van der Waals surface area contributed by atoms with Crippen LogP contribution in [0.4, 0.5) is 0 Å². The van der Waals surface area contributed by atoms with Gasteiger partial charge in [0.15, 0.2) is 0 Å². The van der Waals surface area contributed by atoms with Crippen LogP contribution in [0.3, 0.4) is 0 Å². The summed E-state index contributed by atoms with van der Waals surface area (Å²) in [4.78, 5) is 36.0. The number of benzene rings is 1. The summed E-state index contributed by atoms with van der Waals surface area (Å²) in [7, 11) is 1.50. The first kappa shape index (κ1) is 16.0. The van der Waals surface area contributed by atoms with Gasteiger partial charge in [-0.15, -0.1) is 0 Å². The number of ether oxygens (including phenoxy) is 2. The van der Waals surface area contributed by atoms with Gasteiger partial charge in [0.1, 0.15) is 5.75 Å². The van der Waals surface area contributed by atoms with Crippen molar-refractivity contribution in [3.63, 3.8) is 0 Å². The Morgan fingerprint density at radius 3 is 2.68 bits per heavy atom. The van der Waals surface area contributed by atoms with Crippen molar-refractivity contribution in [2.75, 3.05) is 20.3 Å². The number of hydrogen-bond acceptors (Lipinski definition) is 6. The SMILES string of the molecule is CCOC(=O)C(=O)C1(C(=O)O)NCCc2cc(OC)ccc21. The molecular weight excluding hydrogens is 290 g/mol. The fraction of sp³-hybridized carbons (Fsp3) is 0.400. The second-order valence-electron chi connectivity index (χ2n) is 4.80. The standard InChI is InChI=1S/C15H17NO6/c1-3-22-13(18)12(17)15(14(19)20)11-5-4-10(21-2)8-9(11)6-7-16-15/h4-5,8,16H,3,6-7H2,1-2H3,(H,19,20). The highest BCUT2D eigenvalue weighted by atomic mass is 16.5. The number of carboxylic acid groups (broad SMARTS) is 1. The van der Waals surface area contributed by atoms with Crippen LogP contribution in [0.1, 0.15) is 18.1 Å². The number of carboxylic acids is 1. The van der Waals surface area contributed by atoms with Crippen molar-refractivity contribution in [1.82, 2.24) is 5.32 Å². The van der Waals surface area contributed by atoms with E-state index in [2.05, 4.69) is 10.1 Å². The molecule has 1 aromatic rings. The molecule has 1 aliphatic heterocycles. The molecule has 2 rings (SSSR count). The second kappa shape index (κ2) is 6.15. The van der Waals surface area contributed by atoms with E-state index >= 15 is 0 Å². The highest BCUT2D eigenvalue weighted by molar-refractivity contribution is 6.41. The van der Waals surface area contributed by atoms with E-state index in [1.54, 1.807) is 19.1 Å². The highest BCUT2D eigenvalue weighted by Gasteiger charge is 2.53. The normalized spacial score (nSPS) is 19.9. The number of fused-ring (bicyclic) bond motifs is 1. The summed E-state index contributed by atoms with van der Waals surface area (Å²) >= 11 is 0. The maximum atomic E-state index is 12.4. The first-order valence-corrected chi connectivity index (χ1v) is 6.84. The number of aliphatic carboxylic acids is 1. The van der Waals surface area contributed by atoms with E-state index in [9.17, 15) is 19.5 Å². The van der Waals surface area contributed by atoms with Gasteiger partial charge in [-0.25, -0.2) is 9.59 Å². The van der Waals surface area contributed by atoms with Crippen molar-refractivity contribution in [3.05, 3.63) is 29.3 Å². The van der Waals surface area contributed by atoms with Crippen LogP contribution in [0.5, 0.6) is 5.75 Å². The maximum absolute atomic E-state index is 12.4. The topological polar surface area (TPSA) is 102 Å². The molecule has 1 aromatic carbocycles. The van der Waals surface area contributed by atoms with Crippen LogP contribution < -0.4 is 10.1 Å². The predicted molar refractivity (Wildman–Crippen MR) is 75.7 cm³/mol. The zero-order valence-electron chi connectivity index (χ0n) is 12.3. The molecule has 7 heteroatoms. The monoisotopic (exact) mass is 307 g/mol. The average molecular weight is 307 g/mol. The minimum absolute atomic E-state index is 0.00422. The number of rotatable bonds is 5. The average Bonchev–Trinajstić information content (AvgIpc) is 2.52. The van der Waals surface area contributed by atoms with Gasteiger partial charge in [0.05, 0.1) is 13.7 Å². The molecule has 0 bridgehead atoms. The summed E-state index contributed by atoms with van der Waals surface area (Å²) in [5.74, 6) is -3.17. The third-order valence-electron chi connectivity index (χ3n) is 3.62. The van der Waals surface area contributed by atoms with Crippen LogP contribution in [0.2, 0.25) is 0 Å². The third kappa shape index (κ3) is 2.43. The van der Waals surface area contributed by atoms with Crippen molar-refractivity contribution < 1.29 is 29.0 Å². The summed E-state index contributed by atoms with van der Waals surface area (Å²) < 4.78 is 9.79. The van der Waals surface area contributed by atoms with Gasteiger partial charge < -0.3 is 14.6 Å². The number of nitrogens with one attached hydrogen (secondary N) is 1. The van der Waals surface area contributed by atoms with Crippen LogP contribution in [-0.4, -0.2) is 43.1 Å². The fourth-order valence-corrected chi connectivity index (χ4v) is 2.59. The Morgan fingerprint density at radius 2 is 2.09 bits per heavy atom. The van der Waals surface area contributed by atoms with E-state index < -0.39 is 23.3 Å². The van der Waals surface area contributed by atoms with E-state index in [0.29, 0.717) is 17.7 Å². The number of ketones is 1. The molecule has 1 unspecified atom stereocenters. The van der Waals surface area contributed by atoms with Gasteiger partial charge in [0.2, 0.25) is 5.54 Å². The minimum Gasteiger partial charge on any atom is -0.497 e. The Balaban J connectivity index is 2.57. The summed E-state index contributed by atoms with van der Waals surface area (Å²) in [6.45, 7) is 1.79. The zero-order valence-corrected chi connectivity index (χ0v) is 12.3. The summed E-state index contributed by atoms with van der Waals surface area (Å²) in [5, 5.41) is 12.3. The fourth-order valence-electron chi connectivity index (χ4n) is 2.59. The molecule has 1 aliphatic rings. The van der Waals surface area contributed by atoms with E-state index in [1.165, 1.54) is 13.2 Å². The Hall–Kier alpha value is -2.41. The molecule has 0 saturated carbocycles. The first-order valence-electron chi connectivity index (χ1n) is 6.84. The van der Waals surface area contributed by atoms with Gasteiger partial charge in [-0.1, -0.05) is 6.07 Å². The number of methoxy groups -OCH3 is 1. The number of esters is 1. The third-order valence-corrected chi connectivity index (χ3v) is 3.62. The lowest BCUT2D eigenvalue weighted by atomic mass is 9.79. The maximum Gasteiger partial charge on any atom is 0.377 e. The lowest BCUT2D eigenvalue weighted by Gasteiger charge is -2.34. The van der Waals surface area contributed by atoms with E-state index in [1.807, 2.05) is 0 Å². The molecule has 0 radical (unpaired) electrons. The molecule has 7 nitrogen and oxygen atoms in total. The molecule has 0 saturated heterocycles. The zero-order chi connectivity index (χ0) is 16.3. The lowest BCUT2D eigenvalue weighted by Crippen LogP contribution is -2.60. The summed E-state index contributed by atoms with van der Waals surface area (Å²) in [6, 6.07) is 4.72. The molecule has 0 spiro atoms. The lowest BCUT2D eigenvalue weighted by molar-refractivity contribution is -0.163. The number of hydrogen-bond donors (Lipinski definition) is 2. The van der Waals surface area contributed by atoms with E-state index in [-0.39, 0.29) is 18.7 Å². The molecule has 1 atom stereocenters. The predicted octanol–water partition coefficient (Wildman–Crippen LogP) is 0.253. The Labute approximate surface area is 127 Å². The highest BCUT2D eigenvalue weighted by Crippen LogP contribution is 2.33. The molecule has 2 N–H and O–H groups in total. The van der Waals surface area contributed by atoms with Crippen LogP contribution in [0.15, 0.2) is 18.2 Å². The minimum atomic E-state index is -2.12. The van der Waals surface area contributed by atoms with Crippen molar-refractivity contribution in [2.45, 2.75) is 18.9 Å². The van der Waals surface area contributed by atoms with Gasteiger partial charge in [0, 0.05) is 6.54 Å². The molecule has 0 fully saturated rings. The van der Waals surface area contributed by atoms with Crippen molar-refractivity contribution in [1.29, 1.82) is 0 Å². The quantitative estimate of drug-likeness (QED) is 0.457. The van der Waals surface area contributed by atoms with Crippen LogP contribution in [0.25, 0.3) is 0 Å². The summed E-state index contributed by atoms with van der Waals surface area (Å²) in [6.07, 6.45) is 0.525. The van der Waals surface area contributed by atoms with Crippen LogP contribution >= 0.6 is 0 Å². The number of carbonyl (C=O) groups is 3. The van der Waals surface area contributed by atoms with Crippen molar-refractivity contribution in [3.8, 4) is 5.75 Å². The van der Waals surface area contributed by atoms with Crippen molar-refractivity contribution in [2.24, 2.45) is 0 Å².